The van der Waals surface area contributed by atoms with Gasteiger partial charge in [-0.1, -0.05) is 11.8 Å². The lowest BCUT2D eigenvalue weighted by molar-refractivity contribution is -0.129. The predicted molar refractivity (Wildman–Crippen MR) is 111 cm³/mol. The molecule has 0 aliphatic carbocycles. The van der Waals surface area contributed by atoms with E-state index in [0.717, 1.165) is 51.7 Å². The van der Waals surface area contributed by atoms with Crippen LogP contribution in [0.5, 0.6) is 11.5 Å². The molecule has 1 saturated heterocycles. The molecular weight excluding hydrogens is 394 g/mol. The van der Waals surface area contributed by atoms with Gasteiger partial charge in [0.2, 0.25) is 5.91 Å². The molecule has 28 heavy (non-hydrogen) atoms. The van der Waals surface area contributed by atoms with Crippen molar-refractivity contribution in [3.63, 3.8) is 0 Å². The highest BCUT2D eigenvalue weighted by molar-refractivity contribution is 8.00. The minimum Gasteiger partial charge on any atom is -0.497 e. The molecule has 146 valence electrons. The molecule has 1 aliphatic heterocycles. The molecule has 1 unspecified atom stereocenters. The Morgan fingerprint density at radius 3 is 3.00 bits per heavy atom. The van der Waals surface area contributed by atoms with Crippen LogP contribution in [0.4, 0.5) is 0 Å². The van der Waals surface area contributed by atoms with Crippen molar-refractivity contribution in [2.24, 2.45) is 0 Å². The van der Waals surface area contributed by atoms with Crippen LogP contribution in [0.2, 0.25) is 0 Å². The summed E-state index contributed by atoms with van der Waals surface area (Å²) in [6.07, 6.45) is 3.48. The molecule has 1 aromatic carbocycles. The van der Waals surface area contributed by atoms with Crippen molar-refractivity contribution in [2.75, 3.05) is 26.5 Å². The number of hydrogen-bond donors (Lipinski definition) is 0. The summed E-state index contributed by atoms with van der Waals surface area (Å²) < 4.78 is 10.8. The first-order chi connectivity index (χ1) is 13.7. The smallest absolute Gasteiger partial charge is 0.233 e. The highest BCUT2D eigenvalue weighted by Crippen LogP contribution is 2.39. The van der Waals surface area contributed by atoms with Crippen molar-refractivity contribution >= 4 is 39.2 Å². The Morgan fingerprint density at radius 2 is 2.18 bits per heavy atom. The van der Waals surface area contributed by atoms with E-state index >= 15 is 0 Å². The van der Waals surface area contributed by atoms with Crippen LogP contribution in [0, 0.1) is 0 Å². The number of nitrogens with zero attached hydrogens (tertiary/aromatic N) is 3. The molecule has 0 saturated carbocycles. The second-order valence-corrected chi connectivity index (χ2v) is 8.32. The fraction of sp³-hybridized carbons (Fsp3) is 0.350. The van der Waals surface area contributed by atoms with Gasteiger partial charge in [-0.15, -0.1) is 11.3 Å². The van der Waals surface area contributed by atoms with Gasteiger partial charge in [-0.2, -0.15) is 0 Å². The second kappa shape index (κ2) is 8.36. The average molecular weight is 416 g/mol. The summed E-state index contributed by atoms with van der Waals surface area (Å²) in [6, 6.07) is 7.83. The summed E-state index contributed by atoms with van der Waals surface area (Å²) in [7, 11) is 3.28. The Bertz CT molecular complexity index is 992. The standard InChI is InChI=1S/C20H21N3O3S2/c1-25-13-5-6-14(17(10-13)26-2)16-4-3-8-23(16)18(24)11-28-20-15-7-9-27-19(15)21-12-22-20/h5-7,9-10,12,16H,3-4,8,11H2,1-2H3. The van der Waals surface area contributed by atoms with Gasteiger partial charge in [-0.3, -0.25) is 4.79 Å². The fourth-order valence-electron chi connectivity index (χ4n) is 3.58. The van der Waals surface area contributed by atoms with Gasteiger partial charge in [0.25, 0.3) is 0 Å². The van der Waals surface area contributed by atoms with Crippen molar-refractivity contribution in [2.45, 2.75) is 23.9 Å². The van der Waals surface area contributed by atoms with Gasteiger partial charge in [-0.25, -0.2) is 9.97 Å². The number of carbonyl (C=O) groups excluding carboxylic acids is 1. The van der Waals surface area contributed by atoms with E-state index in [1.807, 2.05) is 34.5 Å². The molecule has 6 nitrogen and oxygen atoms in total. The summed E-state index contributed by atoms with van der Waals surface area (Å²) in [4.78, 5) is 24.5. The van der Waals surface area contributed by atoms with Crippen molar-refractivity contribution < 1.29 is 14.3 Å². The predicted octanol–water partition coefficient (Wildman–Crippen LogP) is 4.16. The number of thiophene rings is 1. The zero-order chi connectivity index (χ0) is 19.5. The Balaban J connectivity index is 1.50. The van der Waals surface area contributed by atoms with Crippen LogP contribution in [-0.4, -0.2) is 47.3 Å². The molecule has 0 radical (unpaired) electrons. The number of thioether (sulfide) groups is 1. The molecule has 3 aromatic rings. The summed E-state index contributed by atoms with van der Waals surface area (Å²) >= 11 is 3.06. The largest absolute Gasteiger partial charge is 0.497 e. The fourth-order valence-corrected chi connectivity index (χ4v) is 5.24. The van der Waals surface area contributed by atoms with Gasteiger partial charge in [-0.05, 0) is 36.4 Å². The number of methoxy groups -OCH3 is 2. The molecule has 4 rings (SSSR count). The van der Waals surface area contributed by atoms with Gasteiger partial charge < -0.3 is 14.4 Å². The molecule has 2 aromatic heterocycles. The van der Waals surface area contributed by atoms with E-state index in [1.54, 1.807) is 31.9 Å². The molecule has 1 amide bonds. The maximum Gasteiger partial charge on any atom is 0.233 e. The van der Waals surface area contributed by atoms with E-state index in [-0.39, 0.29) is 11.9 Å². The second-order valence-electron chi connectivity index (χ2n) is 6.46. The third-order valence-corrected chi connectivity index (χ3v) is 6.74. The highest BCUT2D eigenvalue weighted by atomic mass is 32.2. The van der Waals surface area contributed by atoms with Crippen LogP contribution in [-0.2, 0) is 4.79 Å². The SMILES string of the molecule is COc1ccc(C2CCCN2C(=O)CSc2ncnc3sccc23)c(OC)c1. The van der Waals surface area contributed by atoms with E-state index < -0.39 is 0 Å². The Hall–Kier alpha value is -2.32. The third kappa shape index (κ3) is 3.66. The maximum absolute atomic E-state index is 13.0. The Labute approximate surface area is 171 Å². The molecule has 1 fully saturated rings. The monoisotopic (exact) mass is 415 g/mol. The minimum absolute atomic E-state index is 0.0283. The Kier molecular flexibility index (Phi) is 5.68. The summed E-state index contributed by atoms with van der Waals surface area (Å²) in [5.74, 6) is 1.98. The number of hydrogen-bond acceptors (Lipinski definition) is 7. The van der Waals surface area contributed by atoms with Crippen LogP contribution >= 0.6 is 23.1 Å². The molecular formula is C20H21N3O3S2. The van der Waals surface area contributed by atoms with Gasteiger partial charge >= 0.3 is 0 Å². The lowest BCUT2D eigenvalue weighted by Crippen LogP contribution is -2.32. The Morgan fingerprint density at radius 1 is 1.29 bits per heavy atom. The summed E-state index contributed by atoms with van der Waals surface area (Å²) in [5, 5.41) is 3.87. The van der Waals surface area contributed by atoms with Crippen molar-refractivity contribution in [1.29, 1.82) is 0 Å². The topological polar surface area (TPSA) is 64.5 Å². The zero-order valence-corrected chi connectivity index (χ0v) is 17.4. The average Bonchev–Trinajstić information content (AvgIpc) is 3.41. The van der Waals surface area contributed by atoms with Crippen LogP contribution in [0.25, 0.3) is 10.2 Å². The summed E-state index contributed by atoms with van der Waals surface area (Å²) in [5.41, 5.74) is 1.03. The number of rotatable bonds is 6. The van der Waals surface area contributed by atoms with Gasteiger partial charge in [0.15, 0.2) is 0 Å². The highest BCUT2D eigenvalue weighted by Gasteiger charge is 2.32. The first-order valence-electron chi connectivity index (χ1n) is 9.03. The number of aromatic nitrogens is 2. The maximum atomic E-state index is 13.0. The van der Waals surface area contributed by atoms with Crippen molar-refractivity contribution in [3.8, 4) is 11.5 Å². The van der Waals surface area contributed by atoms with Crippen LogP contribution in [0.1, 0.15) is 24.4 Å². The molecule has 1 aliphatic rings. The van der Waals surface area contributed by atoms with Crippen LogP contribution in [0.15, 0.2) is 41.0 Å². The van der Waals surface area contributed by atoms with E-state index in [1.165, 1.54) is 11.8 Å². The molecule has 0 bridgehead atoms. The molecule has 8 heteroatoms. The lowest BCUT2D eigenvalue weighted by atomic mass is 10.0. The number of benzene rings is 1. The van der Waals surface area contributed by atoms with Crippen molar-refractivity contribution in [3.05, 3.63) is 41.5 Å². The van der Waals surface area contributed by atoms with Gasteiger partial charge in [0, 0.05) is 23.6 Å². The summed E-state index contributed by atoms with van der Waals surface area (Å²) in [6.45, 7) is 0.761. The number of fused-ring (bicyclic) bond motifs is 1. The molecule has 3 heterocycles. The molecule has 0 N–H and O–H groups in total. The van der Waals surface area contributed by atoms with Crippen LogP contribution < -0.4 is 9.47 Å². The minimum atomic E-state index is 0.0283. The first-order valence-corrected chi connectivity index (χ1v) is 10.9. The molecule has 0 spiro atoms. The lowest BCUT2D eigenvalue weighted by Gasteiger charge is -2.26. The normalized spacial score (nSPS) is 16.5. The molecule has 1 atom stereocenters. The number of amides is 1. The van der Waals surface area contributed by atoms with Crippen molar-refractivity contribution in [1.82, 2.24) is 14.9 Å². The quantitative estimate of drug-likeness (QED) is 0.445. The van der Waals surface area contributed by atoms with E-state index in [0.29, 0.717) is 5.75 Å². The zero-order valence-electron chi connectivity index (χ0n) is 15.8. The third-order valence-electron chi connectivity index (χ3n) is 4.93. The van der Waals surface area contributed by atoms with Gasteiger partial charge in [0.1, 0.15) is 27.7 Å². The van der Waals surface area contributed by atoms with Crippen LogP contribution in [0.3, 0.4) is 0 Å². The van der Waals surface area contributed by atoms with Gasteiger partial charge in [0.05, 0.1) is 26.0 Å². The van der Waals surface area contributed by atoms with E-state index in [4.69, 9.17) is 9.47 Å². The van der Waals surface area contributed by atoms with E-state index in [2.05, 4.69) is 9.97 Å². The number of likely N-dealkylation sites (tertiary alicyclic amines) is 1. The first kappa shape index (κ1) is 19.0. The number of ether oxygens (including phenoxy) is 2. The van der Waals surface area contributed by atoms with E-state index in [9.17, 15) is 4.79 Å². The number of carbonyl (C=O) groups is 1.